The molecule has 0 saturated carbocycles. The van der Waals surface area contributed by atoms with Crippen LogP contribution in [-0.4, -0.2) is 4.98 Å². The first-order chi connectivity index (χ1) is 8.16. The summed E-state index contributed by atoms with van der Waals surface area (Å²) in [6.07, 6.45) is 4.27. The predicted octanol–water partition coefficient (Wildman–Crippen LogP) is 5.02. The number of halogens is 3. The summed E-state index contributed by atoms with van der Waals surface area (Å²) in [5.41, 5.74) is 2.10. The highest BCUT2D eigenvalue weighted by Gasteiger charge is 2.12. The maximum Gasteiger partial charge on any atom is 0.0640 e. The molecule has 2 rings (SSSR count). The van der Waals surface area contributed by atoms with Crippen LogP contribution in [-0.2, 0) is 6.42 Å². The fourth-order valence-corrected chi connectivity index (χ4v) is 2.82. The summed E-state index contributed by atoms with van der Waals surface area (Å²) < 4.78 is 0.957. The molecule has 0 N–H and O–H groups in total. The Morgan fingerprint density at radius 3 is 2.53 bits per heavy atom. The summed E-state index contributed by atoms with van der Waals surface area (Å²) in [6.45, 7) is 0. The topological polar surface area (TPSA) is 12.9 Å². The fourth-order valence-electron chi connectivity index (χ4n) is 1.59. The highest BCUT2D eigenvalue weighted by molar-refractivity contribution is 9.10. The van der Waals surface area contributed by atoms with E-state index in [0.717, 1.165) is 22.0 Å². The van der Waals surface area contributed by atoms with Gasteiger partial charge in [0, 0.05) is 21.9 Å². The molecular weight excluding hydrogens is 321 g/mol. The smallest absolute Gasteiger partial charge is 0.0640 e. The van der Waals surface area contributed by atoms with Crippen molar-refractivity contribution in [2.45, 2.75) is 11.8 Å². The van der Waals surface area contributed by atoms with Crippen molar-refractivity contribution < 1.29 is 0 Å². The number of alkyl halides is 1. The zero-order chi connectivity index (χ0) is 12.3. The number of rotatable bonds is 3. The van der Waals surface area contributed by atoms with E-state index in [2.05, 4.69) is 20.9 Å². The van der Waals surface area contributed by atoms with E-state index in [1.807, 2.05) is 30.3 Å². The maximum absolute atomic E-state index is 6.38. The van der Waals surface area contributed by atoms with Gasteiger partial charge >= 0.3 is 0 Å². The molecule has 0 aliphatic heterocycles. The number of nitrogens with zero attached hydrogens (tertiary/aromatic N) is 1. The van der Waals surface area contributed by atoms with E-state index in [0.29, 0.717) is 5.02 Å². The lowest BCUT2D eigenvalue weighted by atomic mass is 10.0. The van der Waals surface area contributed by atoms with Crippen LogP contribution in [0.15, 0.2) is 47.2 Å². The molecule has 0 fully saturated rings. The fraction of sp³-hybridized carbons (Fsp3) is 0.154. The highest BCUT2D eigenvalue weighted by Crippen LogP contribution is 2.32. The molecular formula is C13H10BrCl2N. The zero-order valence-corrected chi connectivity index (χ0v) is 12.0. The number of benzene rings is 1. The summed E-state index contributed by atoms with van der Waals surface area (Å²) in [6, 6.07) is 9.68. The summed E-state index contributed by atoms with van der Waals surface area (Å²) in [5, 5.41) is 0.562. The van der Waals surface area contributed by atoms with E-state index >= 15 is 0 Å². The SMILES string of the molecule is Clc1cc(Br)ccc1C(Cl)Cc1ccncc1. The minimum absolute atomic E-state index is 0.127. The molecule has 2 aromatic rings. The van der Waals surface area contributed by atoms with Crippen molar-refractivity contribution in [3.8, 4) is 0 Å². The Balaban J connectivity index is 2.17. The van der Waals surface area contributed by atoms with E-state index in [1.165, 1.54) is 0 Å². The third kappa shape index (κ3) is 3.44. The second-order valence-electron chi connectivity index (χ2n) is 3.69. The normalized spacial score (nSPS) is 12.4. The van der Waals surface area contributed by atoms with Crippen molar-refractivity contribution in [3.63, 3.8) is 0 Å². The molecule has 88 valence electrons. The lowest BCUT2D eigenvalue weighted by Crippen LogP contribution is -1.97. The zero-order valence-electron chi connectivity index (χ0n) is 8.91. The molecule has 1 aromatic carbocycles. The number of hydrogen-bond acceptors (Lipinski definition) is 1. The van der Waals surface area contributed by atoms with Gasteiger partial charge in [-0.1, -0.05) is 33.6 Å². The first-order valence-corrected chi connectivity index (χ1v) is 6.75. The lowest BCUT2D eigenvalue weighted by molar-refractivity contribution is 0.916. The third-order valence-corrected chi connectivity index (χ3v) is 3.67. The molecule has 1 atom stereocenters. The number of hydrogen-bond donors (Lipinski definition) is 0. The van der Waals surface area contributed by atoms with Gasteiger partial charge in [0.1, 0.15) is 0 Å². The summed E-state index contributed by atoms with van der Waals surface area (Å²) in [7, 11) is 0. The Bertz CT molecular complexity index is 502. The van der Waals surface area contributed by atoms with E-state index in [4.69, 9.17) is 23.2 Å². The minimum atomic E-state index is -0.127. The van der Waals surface area contributed by atoms with Gasteiger partial charge in [0.2, 0.25) is 0 Å². The lowest BCUT2D eigenvalue weighted by Gasteiger charge is -2.12. The van der Waals surface area contributed by atoms with E-state index < -0.39 is 0 Å². The molecule has 0 spiro atoms. The van der Waals surface area contributed by atoms with Crippen LogP contribution in [0.5, 0.6) is 0 Å². The van der Waals surface area contributed by atoms with Crippen LogP contribution in [0.2, 0.25) is 5.02 Å². The average Bonchev–Trinajstić information content (AvgIpc) is 2.30. The molecule has 0 bridgehead atoms. The van der Waals surface area contributed by atoms with Gasteiger partial charge in [-0.2, -0.15) is 0 Å². The van der Waals surface area contributed by atoms with Crippen molar-refractivity contribution in [1.29, 1.82) is 0 Å². The molecule has 0 radical (unpaired) electrons. The minimum Gasteiger partial charge on any atom is -0.265 e. The van der Waals surface area contributed by atoms with Crippen LogP contribution in [0.4, 0.5) is 0 Å². The standard InChI is InChI=1S/C13H10BrCl2N/c14-10-1-2-11(13(16)8-10)12(15)7-9-3-5-17-6-4-9/h1-6,8,12H,7H2. The molecule has 0 aliphatic carbocycles. The number of pyridine rings is 1. The molecule has 0 aliphatic rings. The van der Waals surface area contributed by atoms with Crippen molar-refractivity contribution in [3.05, 3.63) is 63.3 Å². The molecule has 1 heterocycles. The van der Waals surface area contributed by atoms with Crippen LogP contribution in [0.25, 0.3) is 0 Å². The Kier molecular flexibility index (Phi) is 4.43. The van der Waals surface area contributed by atoms with Crippen LogP contribution in [0, 0.1) is 0 Å². The van der Waals surface area contributed by atoms with Crippen molar-refractivity contribution in [2.24, 2.45) is 0 Å². The first kappa shape index (κ1) is 12.9. The Morgan fingerprint density at radius 1 is 1.18 bits per heavy atom. The predicted molar refractivity (Wildman–Crippen MR) is 75.7 cm³/mol. The summed E-state index contributed by atoms with van der Waals surface area (Å²) in [5.74, 6) is 0. The van der Waals surface area contributed by atoms with Gasteiger partial charge in [-0.3, -0.25) is 4.98 Å². The largest absolute Gasteiger partial charge is 0.265 e. The molecule has 17 heavy (non-hydrogen) atoms. The molecule has 4 heteroatoms. The van der Waals surface area contributed by atoms with E-state index in [1.54, 1.807) is 12.4 Å². The van der Waals surface area contributed by atoms with Crippen molar-refractivity contribution in [2.75, 3.05) is 0 Å². The first-order valence-electron chi connectivity index (χ1n) is 5.15. The maximum atomic E-state index is 6.38. The Hall–Kier alpha value is -0.570. The van der Waals surface area contributed by atoms with Crippen LogP contribution in [0.3, 0.4) is 0 Å². The van der Waals surface area contributed by atoms with Crippen LogP contribution in [0.1, 0.15) is 16.5 Å². The van der Waals surface area contributed by atoms with Crippen molar-refractivity contribution >= 4 is 39.1 Å². The van der Waals surface area contributed by atoms with Gasteiger partial charge in [0.25, 0.3) is 0 Å². The average molecular weight is 331 g/mol. The van der Waals surface area contributed by atoms with Crippen molar-refractivity contribution in [1.82, 2.24) is 4.98 Å². The van der Waals surface area contributed by atoms with Gasteiger partial charge in [-0.25, -0.2) is 0 Å². The Morgan fingerprint density at radius 2 is 1.88 bits per heavy atom. The summed E-state index contributed by atoms with van der Waals surface area (Å²) in [4.78, 5) is 3.98. The van der Waals surface area contributed by atoms with Crippen LogP contribution < -0.4 is 0 Å². The van der Waals surface area contributed by atoms with Gasteiger partial charge in [0.05, 0.1) is 5.38 Å². The molecule has 1 unspecified atom stereocenters. The number of aromatic nitrogens is 1. The second kappa shape index (κ2) is 5.85. The molecule has 0 amide bonds. The van der Waals surface area contributed by atoms with Gasteiger partial charge < -0.3 is 0 Å². The van der Waals surface area contributed by atoms with Gasteiger partial charge in [-0.15, -0.1) is 11.6 Å². The monoisotopic (exact) mass is 329 g/mol. The van der Waals surface area contributed by atoms with Crippen LogP contribution >= 0.6 is 39.1 Å². The second-order valence-corrected chi connectivity index (χ2v) is 5.54. The van der Waals surface area contributed by atoms with Gasteiger partial charge in [-0.05, 0) is 41.8 Å². The quantitative estimate of drug-likeness (QED) is 0.720. The molecule has 0 saturated heterocycles. The Labute approximate surface area is 119 Å². The molecule has 1 aromatic heterocycles. The molecule has 1 nitrogen and oxygen atoms in total. The van der Waals surface area contributed by atoms with E-state index in [-0.39, 0.29) is 5.38 Å². The highest BCUT2D eigenvalue weighted by atomic mass is 79.9. The third-order valence-electron chi connectivity index (χ3n) is 2.46. The van der Waals surface area contributed by atoms with E-state index in [9.17, 15) is 0 Å². The summed E-state index contributed by atoms with van der Waals surface area (Å²) >= 11 is 15.9. The van der Waals surface area contributed by atoms with Gasteiger partial charge in [0.15, 0.2) is 0 Å².